The summed E-state index contributed by atoms with van der Waals surface area (Å²) < 4.78 is 0. The van der Waals surface area contributed by atoms with Gasteiger partial charge in [-0.05, 0) is 32.3 Å². The highest BCUT2D eigenvalue weighted by atomic mass is 16.4. The van der Waals surface area contributed by atoms with Crippen LogP contribution in [0.5, 0.6) is 0 Å². The van der Waals surface area contributed by atoms with Crippen LogP contribution in [-0.4, -0.2) is 23.5 Å². The fourth-order valence-electron chi connectivity index (χ4n) is 1.71. The Morgan fingerprint density at radius 2 is 1.90 bits per heavy atom. The fourth-order valence-corrected chi connectivity index (χ4v) is 1.71. The number of benzene rings is 1. The molecule has 114 valence electrons. The van der Waals surface area contributed by atoms with Crippen LogP contribution in [-0.2, 0) is 9.59 Å². The van der Waals surface area contributed by atoms with E-state index in [2.05, 4.69) is 5.32 Å². The van der Waals surface area contributed by atoms with Crippen molar-refractivity contribution in [2.75, 3.05) is 6.54 Å². The molecule has 0 atom stereocenters. The summed E-state index contributed by atoms with van der Waals surface area (Å²) in [7, 11) is 0. The molecule has 0 aliphatic heterocycles. The van der Waals surface area contributed by atoms with Gasteiger partial charge >= 0.3 is 5.97 Å². The van der Waals surface area contributed by atoms with Crippen molar-refractivity contribution < 1.29 is 14.7 Å². The molecule has 0 heterocycles. The van der Waals surface area contributed by atoms with Gasteiger partial charge in [-0.25, -0.2) is 0 Å². The third kappa shape index (κ3) is 6.75. The molecule has 1 amide bonds. The number of carbonyl (C=O) groups excluding carboxylic acids is 1. The van der Waals surface area contributed by atoms with Crippen molar-refractivity contribution in [2.45, 2.75) is 33.1 Å². The number of allylic oxidation sites excluding steroid dienone is 1. The summed E-state index contributed by atoms with van der Waals surface area (Å²) in [6.45, 7) is 3.70. The highest BCUT2D eigenvalue weighted by Crippen LogP contribution is 2.19. The van der Waals surface area contributed by atoms with E-state index in [0.717, 1.165) is 5.56 Å². The average Bonchev–Trinajstić information content (AvgIpc) is 2.44. The molecular weight excluding hydrogens is 266 g/mol. The van der Waals surface area contributed by atoms with Crippen LogP contribution in [0.1, 0.15) is 38.7 Å². The normalized spacial score (nSPS) is 11.5. The van der Waals surface area contributed by atoms with Crippen molar-refractivity contribution in [3.05, 3.63) is 42.0 Å². The van der Waals surface area contributed by atoms with Crippen LogP contribution < -0.4 is 5.32 Å². The summed E-state index contributed by atoms with van der Waals surface area (Å²) in [5, 5.41) is 11.7. The minimum atomic E-state index is -0.845. The van der Waals surface area contributed by atoms with Gasteiger partial charge in [0.2, 0.25) is 5.91 Å². The lowest BCUT2D eigenvalue weighted by molar-refractivity contribution is -0.147. The van der Waals surface area contributed by atoms with E-state index in [1.54, 1.807) is 13.8 Å². The van der Waals surface area contributed by atoms with Gasteiger partial charge in [0.05, 0.1) is 5.41 Å². The molecule has 0 aliphatic carbocycles. The molecule has 0 saturated heterocycles. The Labute approximate surface area is 125 Å². The van der Waals surface area contributed by atoms with Gasteiger partial charge in [0.15, 0.2) is 0 Å². The van der Waals surface area contributed by atoms with Crippen molar-refractivity contribution in [3.63, 3.8) is 0 Å². The lowest BCUT2D eigenvalue weighted by atomic mass is 9.90. The average molecular weight is 289 g/mol. The summed E-state index contributed by atoms with van der Waals surface area (Å²) in [6.07, 6.45) is 5.46. The molecule has 4 heteroatoms. The van der Waals surface area contributed by atoms with Gasteiger partial charge in [0.25, 0.3) is 0 Å². The molecule has 0 radical (unpaired) electrons. The van der Waals surface area contributed by atoms with Gasteiger partial charge in [0.1, 0.15) is 0 Å². The van der Waals surface area contributed by atoms with E-state index in [9.17, 15) is 9.59 Å². The first-order valence-electron chi connectivity index (χ1n) is 7.13. The van der Waals surface area contributed by atoms with Gasteiger partial charge in [-0.3, -0.25) is 9.59 Å². The molecule has 0 aliphatic rings. The molecule has 0 spiro atoms. The number of carboxylic acid groups (broad SMARTS) is 1. The largest absolute Gasteiger partial charge is 0.481 e. The zero-order valence-electron chi connectivity index (χ0n) is 12.6. The van der Waals surface area contributed by atoms with Crippen LogP contribution >= 0.6 is 0 Å². The van der Waals surface area contributed by atoms with Crippen molar-refractivity contribution in [1.82, 2.24) is 5.32 Å². The molecule has 0 fully saturated rings. The first kappa shape index (κ1) is 17.0. The summed E-state index contributed by atoms with van der Waals surface area (Å²) in [4.78, 5) is 22.5. The number of hydrogen-bond acceptors (Lipinski definition) is 2. The number of carbonyl (C=O) groups is 2. The molecule has 1 aromatic carbocycles. The van der Waals surface area contributed by atoms with Crippen molar-refractivity contribution in [2.24, 2.45) is 5.41 Å². The van der Waals surface area contributed by atoms with E-state index >= 15 is 0 Å². The second-order valence-electron chi connectivity index (χ2n) is 5.64. The topological polar surface area (TPSA) is 66.4 Å². The first-order chi connectivity index (χ1) is 9.92. The number of aliphatic carboxylic acids is 1. The van der Waals surface area contributed by atoms with E-state index in [4.69, 9.17) is 5.11 Å². The van der Waals surface area contributed by atoms with Gasteiger partial charge < -0.3 is 10.4 Å². The molecule has 2 N–H and O–H groups in total. The number of carboxylic acids is 1. The van der Waals surface area contributed by atoms with Crippen LogP contribution in [0, 0.1) is 5.41 Å². The Kier molecular flexibility index (Phi) is 6.66. The van der Waals surface area contributed by atoms with E-state index in [-0.39, 0.29) is 5.91 Å². The lowest BCUT2D eigenvalue weighted by Crippen LogP contribution is -2.31. The second kappa shape index (κ2) is 8.25. The van der Waals surface area contributed by atoms with Crippen molar-refractivity contribution in [1.29, 1.82) is 0 Å². The monoisotopic (exact) mass is 289 g/mol. The van der Waals surface area contributed by atoms with E-state index in [0.29, 0.717) is 25.8 Å². The van der Waals surface area contributed by atoms with Crippen LogP contribution in [0.2, 0.25) is 0 Å². The van der Waals surface area contributed by atoms with Gasteiger partial charge in [-0.1, -0.05) is 42.5 Å². The van der Waals surface area contributed by atoms with Gasteiger partial charge in [-0.2, -0.15) is 0 Å². The summed E-state index contributed by atoms with van der Waals surface area (Å²) in [5.74, 6) is -0.892. The van der Waals surface area contributed by atoms with Crippen LogP contribution in [0.25, 0.3) is 6.08 Å². The molecule has 0 aromatic heterocycles. The quantitative estimate of drug-likeness (QED) is 0.773. The number of nitrogens with one attached hydrogen (secondary N) is 1. The third-order valence-corrected chi connectivity index (χ3v) is 3.30. The zero-order valence-corrected chi connectivity index (χ0v) is 12.6. The van der Waals surface area contributed by atoms with E-state index in [1.165, 1.54) is 0 Å². The first-order valence-corrected chi connectivity index (χ1v) is 7.13. The Balaban J connectivity index is 2.20. The minimum Gasteiger partial charge on any atom is -0.481 e. The predicted octanol–water partition coefficient (Wildman–Crippen LogP) is 3.10. The smallest absolute Gasteiger partial charge is 0.309 e. The predicted molar refractivity (Wildman–Crippen MR) is 83.8 cm³/mol. The van der Waals surface area contributed by atoms with Gasteiger partial charge in [0, 0.05) is 13.0 Å². The van der Waals surface area contributed by atoms with Crippen molar-refractivity contribution >= 4 is 18.0 Å². The summed E-state index contributed by atoms with van der Waals surface area (Å²) >= 11 is 0. The van der Waals surface area contributed by atoms with Crippen molar-refractivity contribution in [3.8, 4) is 0 Å². The molecule has 1 rings (SSSR count). The Morgan fingerprint density at radius 3 is 2.52 bits per heavy atom. The highest BCUT2D eigenvalue weighted by molar-refractivity contribution is 5.76. The molecule has 1 aromatic rings. The summed E-state index contributed by atoms with van der Waals surface area (Å²) in [6, 6.07) is 9.91. The maximum Gasteiger partial charge on any atom is 0.309 e. The third-order valence-electron chi connectivity index (χ3n) is 3.30. The second-order valence-corrected chi connectivity index (χ2v) is 5.64. The number of rotatable bonds is 8. The highest BCUT2D eigenvalue weighted by Gasteiger charge is 2.26. The van der Waals surface area contributed by atoms with Gasteiger partial charge in [-0.15, -0.1) is 0 Å². The Bertz CT molecular complexity index is 492. The Hall–Kier alpha value is -2.10. The maximum absolute atomic E-state index is 11.6. The van der Waals surface area contributed by atoms with Crippen LogP contribution in [0.4, 0.5) is 0 Å². The number of hydrogen-bond donors (Lipinski definition) is 2. The SMILES string of the molecule is CC(C)(CCNC(=O)CC/C=C/c1ccccc1)C(=O)O. The van der Waals surface area contributed by atoms with E-state index in [1.807, 2.05) is 42.5 Å². The standard InChI is InChI=1S/C17H23NO3/c1-17(2,16(20)21)12-13-18-15(19)11-7-6-10-14-8-4-3-5-9-14/h3-6,8-10H,7,11-13H2,1-2H3,(H,18,19)(H,20,21)/b10-6+. The van der Waals surface area contributed by atoms with Crippen LogP contribution in [0.15, 0.2) is 36.4 Å². The van der Waals surface area contributed by atoms with E-state index < -0.39 is 11.4 Å². The number of amides is 1. The molecule has 0 unspecified atom stereocenters. The summed E-state index contributed by atoms with van der Waals surface area (Å²) in [5.41, 5.74) is 0.307. The fraction of sp³-hybridized carbons (Fsp3) is 0.412. The Morgan fingerprint density at radius 1 is 1.24 bits per heavy atom. The molecule has 0 saturated carbocycles. The molecular formula is C17H23NO3. The minimum absolute atomic E-state index is 0.0473. The molecule has 0 bridgehead atoms. The molecule has 21 heavy (non-hydrogen) atoms. The van der Waals surface area contributed by atoms with Crippen LogP contribution in [0.3, 0.4) is 0 Å². The zero-order chi connectivity index (χ0) is 15.7. The lowest BCUT2D eigenvalue weighted by Gasteiger charge is -2.18. The maximum atomic E-state index is 11.6. The molecule has 4 nitrogen and oxygen atoms in total.